The molecule has 1 aromatic heterocycles. The predicted molar refractivity (Wildman–Crippen MR) is 69.6 cm³/mol. The molecule has 0 aromatic carbocycles. The normalized spacial score (nSPS) is 24.0. The summed E-state index contributed by atoms with van der Waals surface area (Å²) in [6.45, 7) is 7.55. The van der Waals surface area contributed by atoms with E-state index < -0.39 is 0 Å². The van der Waals surface area contributed by atoms with E-state index in [1.165, 1.54) is 18.4 Å². The summed E-state index contributed by atoms with van der Waals surface area (Å²) in [6.07, 6.45) is 5.39. The molecule has 3 heteroatoms. The molecule has 94 valence electrons. The van der Waals surface area contributed by atoms with Crippen LogP contribution in [0.2, 0.25) is 0 Å². The third-order valence-electron chi connectivity index (χ3n) is 3.76. The van der Waals surface area contributed by atoms with Gasteiger partial charge in [0.1, 0.15) is 5.75 Å². The number of rotatable bonds is 3. The number of hydrogen-bond acceptors (Lipinski definition) is 3. The Morgan fingerprint density at radius 3 is 2.82 bits per heavy atom. The molecule has 2 rings (SSSR count). The molecular weight excluding hydrogens is 212 g/mol. The second-order valence-corrected chi connectivity index (χ2v) is 5.31. The Morgan fingerprint density at radius 1 is 1.47 bits per heavy atom. The third kappa shape index (κ3) is 2.44. The van der Waals surface area contributed by atoms with Crippen molar-refractivity contribution >= 4 is 0 Å². The first-order valence-electron chi connectivity index (χ1n) is 6.30. The van der Waals surface area contributed by atoms with Gasteiger partial charge in [-0.1, -0.05) is 0 Å². The van der Waals surface area contributed by atoms with E-state index in [-0.39, 0.29) is 5.54 Å². The number of aryl methyl sites for hydroxylation is 1. The zero-order chi connectivity index (χ0) is 12.5. The van der Waals surface area contributed by atoms with Gasteiger partial charge in [-0.2, -0.15) is 0 Å². The molecule has 0 spiro atoms. The van der Waals surface area contributed by atoms with E-state index in [0.717, 1.165) is 30.0 Å². The highest BCUT2D eigenvalue weighted by Crippen LogP contribution is 2.29. The SMILES string of the molecule is COc1c(C)cnc(CC2(C)CCCN2)c1C. The molecule has 0 amide bonds. The van der Waals surface area contributed by atoms with Crippen LogP contribution in [0.3, 0.4) is 0 Å². The van der Waals surface area contributed by atoms with Gasteiger partial charge in [-0.25, -0.2) is 0 Å². The standard InChI is InChI=1S/C14H22N2O/c1-10-9-15-12(11(2)13(10)17-4)8-14(3)6-5-7-16-14/h9,16H,5-8H2,1-4H3. The first-order chi connectivity index (χ1) is 8.06. The van der Waals surface area contributed by atoms with Crippen LogP contribution >= 0.6 is 0 Å². The Morgan fingerprint density at radius 2 is 2.24 bits per heavy atom. The lowest BCUT2D eigenvalue weighted by molar-refractivity contribution is 0.394. The van der Waals surface area contributed by atoms with Crippen molar-refractivity contribution in [2.75, 3.05) is 13.7 Å². The van der Waals surface area contributed by atoms with Crippen LogP contribution in [0.4, 0.5) is 0 Å². The van der Waals surface area contributed by atoms with Crippen molar-refractivity contribution in [1.29, 1.82) is 0 Å². The number of methoxy groups -OCH3 is 1. The van der Waals surface area contributed by atoms with Gasteiger partial charge in [-0.15, -0.1) is 0 Å². The first-order valence-corrected chi connectivity index (χ1v) is 6.30. The Bertz CT molecular complexity index is 409. The average molecular weight is 234 g/mol. The molecule has 2 heterocycles. The predicted octanol–water partition coefficient (Wildman–Crippen LogP) is 2.39. The van der Waals surface area contributed by atoms with Gasteiger partial charge >= 0.3 is 0 Å². The van der Waals surface area contributed by atoms with Gasteiger partial charge in [-0.05, 0) is 40.2 Å². The Hall–Kier alpha value is -1.09. The monoisotopic (exact) mass is 234 g/mol. The van der Waals surface area contributed by atoms with Gasteiger partial charge in [0.05, 0.1) is 7.11 Å². The smallest absolute Gasteiger partial charge is 0.128 e. The molecule has 0 aliphatic carbocycles. The van der Waals surface area contributed by atoms with E-state index in [9.17, 15) is 0 Å². The van der Waals surface area contributed by atoms with Crippen molar-refractivity contribution in [1.82, 2.24) is 10.3 Å². The van der Waals surface area contributed by atoms with Crippen LogP contribution in [0.5, 0.6) is 5.75 Å². The van der Waals surface area contributed by atoms with Gasteiger partial charge in [0, 0.05) is 35.0 Å². The van der Waals surface area contributed by atoms with Crippen molar-refractivity contribution in [3.8, 4) is 5.75 Å². The summed E-state index contributed by atoms with van der Waals surface area (Å²) in [5.41, 5.74) is 3.66. The lowest BCUT2D eigenvalue weighted by Gasteiger charge is -2.25. The van der Waals surface area contributed by atoms with E-state index in [2.05, 4.69) is 24.1 Å². The number of aromatic nitrogens is 1. The summed E-state index contributed by atoms with van der Waals surface area (Å²) in [4.78, 5) is 4.58. The number of hydrogen-bond donors (Lipinski definition) is 1. The summed E-state index contributed by atoms with van der Waals surface area (Å²) in [7, 11) is 1.73. The fourth-order valence-electron chi connectivity index (χ4n) is 2.73. The largest absolute Gasteiger partial charge is 0.496 e. The minimum Gasteiger partial charge on any atom is -0.496 e. The van der Waals surface area contributed by atoms with Crippen molar-refractivity contribution in [2.45, 2.75) is 45.6 Å². The second-order valence-electron chi connectivity index (χ2n) is 5.31. The third-order valence-corrected chi connectivity index (χ3v) is 3.76. The topological polar surface area (TPSA) is 34.1 Å². The summed E-state index contributed by atoms with van der Waals surface area (Å²) in [6, 6.07) is 0. The van der Waals surface area contributed by atoms with Gasteiger partial charge in [0.15, 0.2) is 0 Å². The lowest BCUT2D eigenvalue weighted by Crippen LogP contribution is -2.38. The molecule has 1 saturated heterocycles. The maximum Gasteiger partial charge on any atom is 0.128 e. The van der Waals surface area contributed by atoms with Crippen molar-refractivity contribution in [2.24, 2.45) is 0 Å². The molecule has 0 saturated carbocycles. The molecule has 17 heavy (non-hydrogen) atoms. The summed E-state index contributed by atoms with van der Waals surface area (Å²) >= 11 is 0. The molecule has 1 aliphatic rings. The quantitative estimate of drug-likeness (QED) is 0.872. The molecule has 1 atom stereocenters. The van der Waals surface area contributed by atoms with Gasteiger partial charge in [0.2, 0.25) is 0 Å². The highest BCUT2D eigenvalue weighted by Gasteiger charge is 2.29. The molecule has 1 N–H and O–H groups in total. The number of ether oxygens (including phenoxy) is 1. The van der Waals surface area contributed by atoms with Crippen LogP contribution in [-0.4, -0.2) is 24.2 Å². The molecule has 3 nitrogen and oxygen atoms in total. The van der Waals surface area contributed by atoms with Crippen LogP contribution in [0.15, 0.2) is 6.20 Å². The minimum atomic E-state index is 0.206. The van der Waals surface area contributed by atoms with E-state index in [4.69, 9.17) is 4.74 Å². The maximum atomic E-state index is 5.45. The van der Waals surface area contributed by atoms with Gasteiger partial charge < -0.3 is 10.1 Å². The van der Waals surface area contributed by atoms with Crippen LogP contribution in [0, 0.1) is 13.8 Å². The highest BCUT2D eigenvalue weighted by atomic mass is 16.5. The lowest BCUT2D eigenvalue weighted by atomic mass is 9.92. The van der Waals surface area contributed by atoms with Crippen LogP contribution < -0.4 is 10.1 Å². The Balaban J connectivity index is 2.27. The number of nitrogens with zero attached hydrogens (tertiary/aromatic N) is 1. The first kappa shape index (κ1) is 12.4. The molecule has 1 fully saturated rings. The summed E-state index contributed by atoms with van der Waals surface area (Å²) in [5, 5.41) is 3.58. The van der Waals surface area contributed by atoms with Crippen molar-refractivity contribution < 1.29 is 4.74 Å². The second kappa shape index (κ2) is 4.65. The van der Waals surface area contributed by atoms with Gasteiger partial charge in [0.25, 0.3) is 0 Å². The minimum absolute atomic E-state index is 0.206. The average Bonchev–Trinajstić information content (AvgIpc) is 2.71. The van der Waals surface area contributed by atoms with Crippen molar-refractivity contribution in [3.05, 3.63) is 23.0 Å². The van der Waals surface area contributed by atoms with E-state index in [1.807, 2.05) is 13.1 Å². The maximum absolute atomic E-state index is 5.45. The number of pyridine rings is 1. The molecule has 1 aliphatic heterocycles. The highest BCUT2D eigenvalue weighted by molar-refractivity contribution is 5.41. The van der Waals surface area contributed by atoms with Crippen LogP contribution in [0.25, 0.3) is 0 Å². The number of nitrogens with one attached hydrogen (secondary N) is 1. The van der Waals surface area contributed by atoms with Crippen LogP contribution in [-0.2, 0) is 6.42 Å². The van der Waals surface area contributed by atoms with Crippen LogP contribution in [0.1, 0.15) is 36.6 Å². The molecular formula is C14H22N2O. The molecule has 1 unspecified atom stereocenters. The van der Waals surface area contributed by atoms with Gasteiger partial charge in [-0.3, -0.25) is 4.98 Å². The molecule has 1 aromatic rings. The Labute approximate surface area is 104 Å². The fraction of sp³-hybridized carbons (Fsp3) is 0.643. The summed E-state index contributed by atoms with van der Waals surface area (Å²) < 4.78 is 5.45. The Kier molecular flexibility index (Phi) is 3.38. The van der Waals surface area contributed by atoms with E-state index in [0.29, 0.717) is 0 Å². The fourth-order valence-corrected chi connectivity index (χ4v) is 2.73. The van der Waals surface area contributed by atoms with Crippen molar-refractivity contribution in [3.63, 3.8) is 0 Å². The molecule has 0 radical (unpaired) electrons. The summed E-state index contributed by atoms with van der Waals surface area (Å²) in [5.74, 6) is 0.983. The zero-order valence-electron chi connectivity index (χ0n) is 11.3. The molecule has 0 bridgehead atoms. The zero-order valence-corrected chi connectivity index (χ0v) is 11.3. The van der Waals surface area contributed by atoms with E-state index in [1.54, 1.807) is 7.11 Å². The van der Waals surface area contributed by atoms with E-state index >= 15 is 0 Å².